The summed E-state index contributed by atoms with van der Waals surface area (Å²) < 4.78 is 1.18. The van der Waals surface area contributed by atoms with Crippen LogP contribution in [-0.2, 0) is 6.42 Å². The molecule has 4 aromatic rings. The molecule has 3 aromatic carbocycles. The van der Waals surface area contributed by atoms with E-state index in [1.54, 1.807) is 54.6 Å². The average molecular weight is 404 g/mol. The van der Waals surface area contributed by atoms with Crippen LogP contribution in [0.5, 0.6) is 0 Å². The monoisotopic (exact) mass is 403 g/mol. The smallest absolute Gasteiger partial charge is 0.267 e. The Kier molecular flexibility index (Phi) is 5.14. The van der Waals surface area contributed by atoms with E-state index in [1.807, 2.05) is 25.1 Å². The third kappa shape index (κ3) is 3.77. The van der Waals surface area contributed by atoms with E-state index in [4.69, 9.17) is 11.6 Å². The molecule has 1 aromatic heterocycles. The summed E-state index contributed by atoms with van der Waals surface area (Å²) in [4.78, 5) is 30.6. The minimum absolute atomic E-state index is 0.315. The van der Waals surface area contributed by atoms with Crippen molar-refractivity contribution in [3.8, 4) is 11.4 Å². The second-order valence-electron chi connectivity index (χ2n) is 6.59. The van der Waals surface area contributed by atoms with Crippen molar-refractivity contribution in [3.05, 3.63) is 99.3 Å². The van der Waals surface area contributed by atoms with Gasteiger partial charge in [-0.2, -0.15) is 4.68 Å². The van der Waals surface area contributed by atoms with Crippen molar-refractivity contribution in [1.82, 2.24) is 9.66 Å². The van der Waals surface area contributed by atoms with Crippen LogP contribution in [0, 0.1) is 0 Å². The predicted octanol–water partition coefficient (Wildman–Crippen LogP) is 4.66. The number of aryl methyl sites for hydroxylation is 1. The van der Waals surface area contributed by atoms with E-state index < -0.39 is 5.91 Å². The summed E-state index contributed by atoms with van der Waals surface area (Å²) in [6.45, 7) is 2.05. The third-order valence-corrected chi connectivity index (χ3v) is 4.93. The maximum Gasteiger partial charge on any atom is 0.280 e. The summed E-state index contributed by atoms with van der Waals surface area (Å²) >= 11 is 6.13. The van der Waals surface area contributed by atoms with Crippen molar-refractivity contribution in [1.29, 1.82) is 0 Å². The number of hydrogen-bond donors (Lipinski definition) is 1. The molecule has 0 fully saturated rings. The van der Waals surface area contributed by atoms with Crippen molar-refractivity contribution in [2.75, 3.05) is 5.43 Å². The van der Waals surface area contributed by atoms with Gasteiger partial charge in [0.25, 0.3) is 11.5 Å². The van der Waals surface area contributed by atoms with Gasteiger partial charge in [-0.3, -0.25) is 15.0 Å². The average Bonchev–Trinajstić information content (AvgIpc) is 2.75. The lowest BCUT2D eigenvalue weighted by molar-refractivity contribution is 0.101. The molecule has 29 heavy (non-hydrogen) atoms. The van der Waals surface area contributed by atoms with Crippen LogP contribution in [0.4, 0.5) is 0 Å². The van der Waals surface area contributed by atoms with Gasteiger partial charge < -0.3 is 0 Å². The molecule has 1 amide bonds. The number of rotatable bonds is 4. The highest BCUT2D eigenvalue weighted by molar-refractivity contribution is 6.30. The van der Waals surface area contributed by atoms with Crippen LogP contribution in [0.15, 0.2) is 77.6 Å². The second-order valence-corrected chi connectivity index (χ2v) is 7.03. The van der Waals surface area contributed by atoms with Crippen molar-refractivity contribution < 1.29 is 4.79 Å². The lowest BCUT2D eigenvalue weighted by Gasteiger charge is -2.15. The summed E-state index contributed by atoms with van der Waals surface area (Å²) in [5.41, 5.74) is 5.11. The number of benzene rings is 3. The Morgan fingerprint density at radius 2 is 1.79 bits per heavy atom. The molecule has 4 rings (SSSR count). The van der Waals surface area contributed by atoms with Crippen LogP contribution in [0.3, 0.4) is 0 Å². The topological polar surface area (TPSA) is 64.0 Å². The van der Waals surface area contributed by atoms with Crippen LogP contribution >= 0.6 is 11.6 Å². The Bertz CT molecular complexity index is 1260. The Labute approximate surface area is 172 Å². The van der Waals surface area contributed by atoms with Crippen LogP contribution in [0.1, 0.15) is 22.8 Å². The molecule has 0 atom stereocenters. The molecule has 0 unspecified atom stereocenters. The molecule has 144 valence electrons. The van der Waals surface area contributed by atoms with Gasteiger partial charge in [0.2, 0.25) is 0 Å². The van der Waals surface area contributed by atoms with Gasteiger partial charge >= 0.3 is 0 Å². The molecule has 0 bridgehead atoms. The number of amides is 1. The molecular formula is C23H18ClN3O2. The van der Waals surface area contributed by atoms with Gasteiger partial charge in [-0.15, -0.1) is 0 Å². The normalized spacial score (nSPS) is 10.8. The highest BCUT2D eigenvalue weighted by Gasteiger charge is 2.16. The molecule has 6 heteroatoms. The Hall–Kier alpha value is -3.44. The molecule has 0 radical (unpaired) electrons. The number of halogens is 1. The maximum atomic E-state index is 13.2. The largest absolute Gasteiger partial charge is 0.280 e. The first-order chi connectivity index (χ1) is 14.1. The Morgan fingerprint density at radius 3 is 2.52 bits per heavy atom. The van der Waals surface area contributed by atoms with E-state index in [1.165, 1.54) is 4.68 Å². The number of nitrogens with one attached hydrogen (secondary N) is 1. The zero-order valence-electron chi connectivity index (χ0n) is 15.7. The SMILES string of the molecule is CCc1ccc(C(=O)Nn2c(-c3cccc(Cl)c3)nc3ccccc3c2=O)cc1. The molecule has 0 saturated heterocycles. The number of carbonyl (C=O) groups is 1. The van der Waals surface area contributed by atoms with Crippen LogP contribution in [-0.4, -0.2) is 15.6 Å². The third-order valence-electron chi connectivity index (χ3n) is 4.70. The summed E-state index contributed by atoms with van der Waals surface area (Å²) in [5, 5.41) is 0.929. The minimum atomic E-state index is -0.393. The highest BCUT2D eigenvalue weighted by Crippen LogP contribution is 2.21. The highest BCUT2D eigenvalue weighted by atomic mass is 35.5. The van der Waals surface area contributed by atoms with E-state index in [9.17, 15) is 9.59 Å². The minimum Gasteiger partial charge on any atom is -0.267 e. The molecule has 1 heterocycles. The van der Waals surface area contributed by atoms with Gasteiger partial charge in [-0.1, -0.05) is 54.9 Å². The quantitative estimate of drug-likeness (QED) is 0.538. The lowest BCUT2D eigenvalue weighted by Crippen LogP contribution is -2.35. The molecule has 0 spiro atoms. The van der Waals surface area contributed by atoms with E-state index in [0.717, 1.165) is 12.0 Å². The van der Waals surface area contributed by atoms with Gasteiger partial charge in [0, 0.05) is 16.1 Å². The van der Waals surface area contributed by atoms with E-state index >= 15 is 0 Å². The zero-order valence-corrected chi connectivity index (χ0v) is 16.5. The number of carbonyl (C=O) groups excluding carboxylic acids is 1. The van der Waals surface area contributed by atoms with Crippen molar-refractivity contribution in [3.63, 3.8) is 0 Å². The zero-order chi connectivity index (χ0) is 20.4. The van der Waals surface area contributed by atoms with E-state index in [-0.39, 0.29) is 5.56 Å². The van der Waals surface area contributed by atoms with Gasteiger partial charge in [-0.05, 0) is 48.4 Å². The van der Waals surface area contributed by atoms with Crippen LogP contribution < -0.4 is 11.0 Å². The van der Waals surface area contributed by atoms with Gasteiger partial charge in [-0.25, -0.2) is 4.98 Å². The summed E-state index contributed by atoms with van der Waals surface area (Å²) in [7, 11) is 0. The van der Waals surface area contributed by atoms with E-state index in [0.29, 0.717) is 32.9 Å². The van der Waals surface area contributed by atoms with E-state index in [2.05, 4.69) is 10.4 Å². The fourth-order valence-electron chi connectivity index (χ4n) is 3.12. The summed E-state index contributed by atoms with van der Waals surface area (Å²) in [5.74, 6) is -0.0789. The molecular weight excluding hydrogens is 386 g/mol. The Balaban J connectivity index is 1.85. The van der Waals surface area contributed by atoms with Crippen molar-refractivity contribution >= 4 is 28.4 Å². The predicted molar refractivity (Wildman–Crippen MR) is 116 cm³/mol. The molecule has 0 aliphatic carbocycles. The first kappa shape index (κ1) is 18.9. The second kappa shape index (κ2) is 7.89. The van der Waals surface area contributed by atoms with Crippen LogP contribution in [0.2, 0.25) is 5.02 Å². The number of nitrogens with zero attached hydrogens (tertiary/aromatic N) is 2. The number of para-hydroxylation sites is 1. The van der Waals surface area contributed by atoms with Crippen molar-refractivity contribution in [2.24, 2.45) is 0 Å². The van der Waals surface area contributed by atoms with Gasteiger partial charge in [0.15, 0.2) is 5.82 Å². The number of fused-ring (bicyclic) bond motifs is 1. The number of hydrogen-bond acceptors (Lipinski definition) is 3. The first-order valence-electron chi connectivity index (χ1n) is 9.25. The van der Waals surface area contributed by atoms with Gasteiger partial charge in [0.05, 0.1) is 10.9 Å². The first-order valence-corrected chi connectivity index (χ1v) is 9.62. The molecule has 0 aliphatic heterocycles. The Morgan fingerprint density at radius 1 is 1.03 bits per heavy atom. The van der Waals surface area contributed by atoms with Gasteiger partial charge in [0.1, 0.15) is 0 Å². The molecule has 0 aliphatic rings. The van der Waals surface area contributed by atoms with Crippen LogP contribution in [0.25, 0.3) is 22.3 Å². The fraction of sp³-hybridized carbons (Fsp3) is 0.0870. The number of aromatic nitrogens is 2. The maximum absolute atomic E-state index is 13.2. The van der Waals surface area contributed by atoms with Crippen molar-refractivity contribution in [2.45, 2.75) is 13.3 Å². The molecule has 5 nitrogen and oxygen atoms in total. The lowest BCUT2D eigenvalue weighted by atomic mass is 10.1. The summed E-state index contributed by atoms with van der Waals surface area (Å²) in [6.07, 6.45) is 0.884. The summed E-state index contributed by atoms with van der Waals surface area (Å²) in [6, 6.07) is 21.3. The fourth-order valence-corrected chi connectivity index (χ4v) is 3.31. The molecule has 1 N–H and O–H groups in total. The molecule has 0 saturated carbocycles. The standard InChI is InChI=1S/C23H18ClN3O2/c1-2-15-10-12-16(13-11-15)22(28)26-27-21(17-6-5-7-18(24)14-17)25-20-9-4-3-8-19(20)23(27)29/h3-14H,2H2,1H3,(H,26,28).